The van der Waals surface area contributed by atoms with Crippen LogP contribution in [0.25, 0.3) is 0 Å². The van der Waals surface area contributed by atoms with Crippen molar-refractivity contribution in [3.63, 3.8) is 0 Å². The van der Waals surface area contributed by atoms with E-state index in [9.17, 15) is 0 Å². The van der Waals surface area contributed by atoms with Crippen LogP contribution < -0.4 is 0 Å². The van der Waals surface area contributed by atoms with Crippen LogP contribution in [0.1, 0.15) is 52.9 Å². The molecule has 1 rings (SSSR count). The van der Waals surface area contributed by atoms with Crippen LogP contribution in [0.15, 0.2) is 0 Å². The zero-order valence-corrected chi connectivity index (χ0v) is 10.5. The van der Waals surface area contributed by atoms with Crippen molar-refractivity contribution in [1.29, 1.82) is 0 Å². The van der Waals surface area contributed by atoms with Crippen LogP contribution in [0.5, 0.6) is 0 Å². The summed E-state index contributed by atoms with van der Waals surface area (Å²) in [6, 6.07) is 0. The number of hydrogen-bond acceptors (Lipinski definition) is 1. The fourth-order valence-corrected chi connectivity index (χ4v) is 2.59. The van der Waals surface area contributed by atoms with Crippen molar-refractivity contribution in [2.24, 2.45) is 11.3 Å². The molecule has 0 bridgehead atoms. The number of nitrogens with zero attached hydrogens (tertiary/aromatic N) is 1. The first-order valence-electron chi connectivity index (χ1n) is 6.24. The van der Waals surface area contributed by atoms with Crippen molar-refractivity contribution in [3.8, 4) is 0 Å². The second kappa shape index (κ2) is 5.16. The van der Waals surface area contributed by atoms with E-state index in [1.165, 1.54) is 45.2 Å². The van der Waals surface area contributed by atoms with Crippen molar-refractivity contribution >= 4 is 0 Å². The van der Waals surface area contributed by atoms with Crippen molar-refractivity contribution < 1.29 is 0 Å². The molecule has 1 aliphatic rings. The number of likely N-dealkylation sites (tertiary alicyclic amines) is 1. The lowest BCUT2D eigenvalue weighted by atomic mass is 9.76. The number of rotatable bonds is 4. The SMILES string of the molecule is CCC(C)CCC1(C)CCCN(C)C1. The van der Waals surface area contributed by atoms with E-state index in [-0.39, 0.29) is 0 Å². The van der Waals surface area contributed by atoms with E-state index in [4.69, 9.17) is 0 Å². The van der Waals surface area contributed by atoms with Crippen LogP contribution in [0.4, 0.5) is 0 Å². The predicted octanol–water partition coefficient (Wildman–Crippen LogP) is 3.54. The molecule has 0 amide bonds. The first-order valence-corrected chi connectivity index (χ1v) is 6.24. The molecule has 1 heteroatoms. The van der Waals surface area contributed by atoms with E-state index in [1.807, 2.05) is 0 Å². The van der Waals surface area contributed by atoms with Crippen LogP contribution in [0, 0.1) is 11.3 Å². The Hall–Kier alpha value is -0.0400. The van der Waals surface area contributed by atoms with Crippen molar-refractivity contribution in [2.75, 3.05) is 20.1 Å². The largest absolute Gasteiger partial charge is 0.306 e. The van der Waals surface area contributed by atoms with Gasteiger partial charge in [-0.25, -0.2) is 0 Å². The van der Waals surface area contributed by atoms with Gasteiger partial charge in [0.05, 0.1) is 0 Å². The Morgan fingerprint density at radius 2 is 2.14 bits per heavy atom. The summed E-state index contributed by atoms with van der Waals surface area (Å²) in [7, 11) is 2.26. The molecule has 1 saturated heterocycles. The molecule has 14 heavy (non-hydrogen) atoms. The first-order chi connectivity index (χ1) is 6.56. The molecule has 0 aromatic heterocycles. The fourth-order valence-electron chi connectivity index (χ4n) is 2.59. The lowest BCUT2D eigenvalue weighted by Crippen LogP contribution is -2.39. The van der Waals surface area contributed by atoms with E-state index >= 15 is 0 Å². The third-order valence-electron chi connectivity index (χ3n) is 3.91. The molecule has 0 N–H and O–H groups in total. The second-order valence-corrected chi connectivity index (χ2v) is 5.70. The quantitative estimate of drug-likeness (QED) is 0.666. The minimum absolute atomic E-state index is 0.608. The molecular weight excluding hydrogens is 170 g/mol. The molecule has 1 heterocycles. The van der Waals surface area contributed by atoms with E-state index in [1.54, 1.807) is 0 Å². The highest BCUT2D eigenvalue weighted by Gasteiger charge is 2.29. The average Bonchev–Trinajstić information content (AvgIpc) is 2.14. The highest BCUT2D eigenvalue weighted by Crippen LogP contribution is 2.34. The summed E-state index contributed by atoms with van der Waals surface area (Å²) in [5.74, 6) is 0.916. The molecule has 0 radical (unpaired) electrons. The highest BCUT2D eigenvalue weighted by atomic mass is 15.1. The van der Waals surface area contributed by atoms with Gasteiger partial charge in [0.1, 0.15) is 0 Å². The number of hydrogen-bond donors (Lipinski definition) is 0. The highest BCUT2D eigenvalue weighted by molar-refractivity contribution is 4.82. The van der Waals surface area contributed by atoms with Crippen molar-refractivity contribution in [1.82, 2.24) is 4.90 Å². The minimum atomic E-state index is 0.608. The third kappa shape index (κ3) is 3.61. The standard InChI is InChI=1S/C13H27N/c1-5-12(2)7-9-13(3)8-6-10-14(4)11-13/h12H,5-11H2,1-4H3. The van der Waals surface area contributed by atoms with Gasteiger partial charge in [0.25, 0.3) is 0 Å². The summed E-state index contributed by atoms with van der Waals surface area (Å²) in [5, 5.41) is 0. The summed E-state index contributed by atoms with van der Waals surface area (Å²) < 4.78 is 0. The Balaban J connectivity index is 2.33. The maximum Gasteiger partial charge on any atom is 0.00323 e. The monoisotopic (exact) mass is 197 g/mol. The van der Waals surface area contributed by atoms with Gasteiger partial charge < -0.3 is 4.90 Å². The van der Waals surface area contributed by atoms with Gasteiger partial charge >= 0.3 is 0 Å². The van der Waals surface area contributed by atoms with Crippen LogP contribution in [0.2, 0.25) is 0 Å². The molecule has 0 spiro atoms. The third-order valence-corrected chi connectivity index (χ3v) is 3.91. The van der Waals surface area contributed by atoms with Gasteiger partial charge in [-0.1, -0.05) is 33.6 Å². The molecule has 0 saturated carbocycles. The summed E-state index contributed by atoms with van der Waals surface area (Å²) in [4.78, 5) is 2.50. The molecule has 2 atom stereocenters. The van der Waals surface area contributed by atoms with Crippen molar-refractivity contribution in [3.05, 3.63) is 0 Å². The molecule has 2 unspecified atom stereocenters. The Bertz CT molecular complexity index is 167. The molecular formula is C13H27N. The topological polar surface area (TPSA) is 3.24 Å². The molecule has 0 aromatic carbocycles. The van der Waals surface area contributed by atoms with Gasteiger partial charge in [-0.05, 0) is 44.2 Å². The van der Waals surface area contributed by atoms with E-state index in [2.05, 4.69) is 32.7 Å². The van der Waals surface area contributed by atoms with Gasteiger partial charge in [0, 0.05) is 6.54 Å². The summed E-state index contributed by atoms with van der Waals surface area (Å²) >= 11 is 0. The predicted molar refractivity (Wildman–Crippen MR) is 63.5 cm³/mol. The van der Waals surface area contributed by atoms with Crippen LogP contribution in [-0.2, 0) is 0 Å². The van der Waals surface area contributed by atoms with Gasteiger partial charge in [-0.2, -0.15) is 0 Å². The smallest absolute Gasteiger partial charge is 0.00323 e. The van der Waals surface area contributed by atoms with E-state index in [0.717, 1.165) is 5.92 Å². The zero-order chi connectivity index (χ0) is 10.6. The maximum absolute atomic E-state index is 2.50. The van der Waals surface area contributed by atoms with Gasteiger partial charge in [-0.3, -0.25) is 0 Å². The van der Waals surface area contributed by atoms with Crippen LogP contribution in [-0.4, -0.2) is 25.0 Å². The maximum atomic E-state index is 2.50. The molecule has 84 valence electrons. The lowest BCUT2D eigenvalue weighted by molar-refractivity contribution is 0.109. The van der Waals surface area contributed by atoms with Crippen LogP contribution in [0.3, 0.4) is 0 Å². The van der Waals surface area contributed by atoms with Gasteiger partial charge in [0.15, 0.2) is 0 Å². The second-order valence-electron chi connectivity index (χ2n) is 5.70. The summed E-state index contributed by atoms with van der Waals surface area (Å²) in [5.41, 5.74) is 0.608. The Labute approximate surface area is 89.9 Å². The molecule has 1 fully saturated rings. The molecule has 0 aliphatic carbocycles. The number of piperidine rings is 1. The zero-order valence-electron chi connectivity index (χ0n) is 10.5. The minimum Gasteiger partial charge on any atom is -0.306 e. The van der Waals surface area contributed by atoms with E-state index < -0.39 is 0 Å². The first kappa shape index (κ1) is 12.0. The molecule has 1 nitrogen and oxygen atoms in total. The van der Waals surface area contributed by atoms with Crippen molar-refractivity contribution in [2.45, 2.75) is 52.9 Å². The normalized spacial score (nSPS) is 31.7. The van der Waals surface area contributed by atoms with Crippen LogP contribution >= 0.6 is 0 Å². The summed E-state index contributed by atoms with van der Waals surface area (Å²) in [6.45, 7) is 9.78. The van der Waals surface area contributed by atoms with Gasteiger partial charge in [-0.15, -0.1) is 0 Å². The average molecular weight is 197 g/mol. The Kier molecular flexibility index (Phi) is 4.43. The summed E-state index contributed by atoms with van der Waals surface area (Å²) in [6.07, 6.45) is 7.01. The van der Waals surface area contributed by atoms with Gasteiger partial charge in [0.2, 0.25) is 0 Å². The lowest BCUT2D eigenvalue weighted by Gasteiger charge is -2.39. The fraction of sp³-hybridized carbons (Fsp3) is 1.00. The Morgan fingerprint density at radius 3 is 2.71 bits per heavy atom. The molecule has 0 aromatic rings. The van der Waals surface area contributed by atoms with E-state index in [0.29, 0.717) is 5.41 Å². The molecule has 1 aliphatic heterocycles. The Morgan fingerprint density at radius 1 is 1.43 bits per heavy atom.